The van der Waals surface area contributed by atoms with Crippen LogP contribution in [0.1, 0.15) is 5.82 Å². The Morgan fingerprint density at radius 2 is 1.90 bits per heavy atom. The number of hydrogen-bond acceptors (Lipinski definition) is 2. The molecule has 4 aromatic rings. The molecule has 0 aliphatic rings. The van der Waals surface area contributed by atoms with Crippen LogP contribution in [0.25, 0.3) is 27.3 Å². The summed E-state index contributed by atoms with van der Waals surface area (Å²) in [5.41, 5.74) is 10.1. The van der Waals surface area contributed by atoms with Gasteiger partial charge in [0.2, 0.25) is 0 Å². The topological polar surface area (TPSA) is 43.3 Å². The van der Waals surface area contributed by atoms with Crippen molar-refractivity contribution < 1.29 is 0 Å². The first-order valence-corrected chi connectivity index (χ1v) is 6.79. The van der Waals surface area contributed by atoms with Gasteiger partial charge in [0.15, 0.2) is 0 Å². The zero-order valence-electron chi connectivity index (χ0n) is 10.9. The molecule has 0 unspecified atom stereocenters. The van der Waals surface area contributed by atoms with E-state index in [-0.39, 0.29) is 0 Å². The number of benzene rings is 2. The lowest BCUT2D eigenvalue weighted by atomic mass is 10.2. The van der Waals surface area contributed by atoms with Gasteiger partial charge >= 0.3 is 0 Å². The third-order valence-electron chi connectivity index (χ3n) is 3.73. The number of fused-ring (bicyclic) bond motifs is 5. The van der Waals surface area contributed by atoms with Crippen LogP contribution in [0.3, 0.4) is 0 Å². The highest BCUT2D eigenvalue weighted by Crippen LogP contribution is 2.34. The minimum atomic E-state index is 0.690. The van der Waals surface area contributed by atoms with Crippen molar-refractivity contribution in [2.45, 2.75) is 6.92 Å². The van der Waals surface area contributed by atoms with Gasteiger partial charge in [0, 0.05) is 15.8 Å². The largest absolute Gasteiger partial charge is 0.396 e. The molecule has 0 saturated heterocycles. The van der Waals surface area contributed by atoms with Crippen LogP contribution in [0.5, 0.6) is 0 Å². The van der Waals surface area contributed by atoms with Crippen molar-refractivity contribution in [2.75, 3.05) is 5.73 Å². The standard InChI is InChI=1S/C16H12ClN3/c1-9-19-13-7-6-10(17)8-12(13)16-15(18)11-4-2-3-5-14(11)20(9)16/h2-8H,18H2,1H3. The van der Waals surface area contributed by atoms with Crippen LogP contribution < -0.4 is 5.73 Å². The van der Waals surface area contributed by atoms with E-state index in [4.69, 9.17) is 17.3 Å². The maximum Gasteiger partial charge on any atom is 0.111 e. The maximum atomic E-state index is 6.37. The quantitative estimate of drug-likeness (QED) is 0.525. The first-order valence-electron chi connectivity index (χ1n) is 6.41. The number of nitrogens with zero attached hydrogens (tertiary/aromatic N) is 2. The fraction of sp³-hybridized carbons (Fsp3) is 0.0625. The van der Waals surface area contributed by atoms with E-state index in [1.807, 2.05) is 43.3 Å². The summed E-state index contributed by atoms with van der Waals surface area (Å²) in [5, 5.41) is 2.72. The first-order chi connectivity index (χ1) is 9.66. The van der Waals surface area contributed by atoms with Crippen molar-refractivity contribution in [1.82, 2.24) is 9.38 Å². The van der Waals surface area contributed by atoms with E-state index < -0.39 is 0 Å². The molecule has 4 heteroatoms. The van der Waals surface area contributed by atoms with Crippen LogP contribution in [-0.4, -0.2) is 9.38 Å². The zero-order valence-corrected chi connectivity index (χ0v) is 11.6. The fourth-order valence-corrected chi connectivity index (χ4v) is 3.06. The minimum absolute atomic E-state index is 0.690. The predicted molar refractivity (Wildman–Crippen MR) is 84.4 cm³/mol. The molecule has 3 nitrogen and oxygen atoms in total. The molecule has 0 fully saturated rings. The number of nitrogens with two attached hydrogens (primary N) is 1. The number of para-hydroxylation sites is 1. The number of rotatable bonds is 0. The van der Waals surface area contributed by atoms with Gasteiger partial charge in [-0.05, 0) is 31.2 Å². The van der Waals surface area contributed by atoms with Crippen molar-refractivity contribution in [2.24, 2.45) is 0 Å². The summed E-state index contributed by atoms with van der Waals surface area (Å²) in [6.07, 6.45) is 0. The third kappa shape index (κ3) is 1.38. The van der Waals surface area contributed by atoms with Crippen LogP contribution >= 0.6 is 11.6 Å². The Morgan fingerprint density at radius 1 is 1.10 bits per heavy atom. The lowest BCUT2D eigenvalue weighted by Crippen LogP contribution is -1.97. The highest BCUT2D eigenvalue weighted by molar-refractivity contribution is 6.31. The smallest absolute Gasteiger partial charge is 0.111 e. The van der Waals surface area contributed by atoms with E-state index in [1.54, 1.807) is 0 Å². The molecule has 98 valence electrons. The number of hydrogen-bond donors (Lipinski definition) is 1. The van der Waals surface area contributed by atoms with E-state index in [1.165, 1.54) is 0 Å². The van der Waals surface area contributed by atoms with Gasteiger partial charge in [0.05, 0.1) is 22.2 Å². The monoisotopic (exact) mass is 281 g/mol. The number of aryl methyl sites for hydroxylation is 1. The molecule has 4 rings (SSSR count). The lowest BCUT2D eigenvalue weighted by Gasteiger charge is -2.07. The van der Waals surface area contributed by atoms with Crippen molar-refractivity contribution in [3.63, 3.8) is 0 Å². The summed E-state index contributed by atoms with van der Waals surface area (Å²) in [4.78, 5) is 4.66. The summed E-state index contributed by atoms with van der Waals surface area (Å²) in [6, 6.07) is 13.8. The van der Waals surface area contributed by atoms with E-state index in [2.05, 4.69) is 15.5 Å². The summed E-state index contributed by atoms with van der Waals surface area (Å²) in [7, 11) is 0. The van der Waals surface area contributed by atoms with Gasteiger partial charge < -0.3 is 5.73 Å². The first kappa shape index (κ1) is 11.6. The van der Waals surface area contributed by atoms with Crippen LogP contribution in [-0.2, 0) is 0 Å². The average molecular weight is 282 g/mol. The molecule has 0 aliphatic heterocycles. The molecule has 2 heterocycles. The summed E-state index contributed by atoms with van der Waals surface area (Å²) >= 11 is 6.13. The second-order valence-electron chi connectivity index (χ2n) is 4.94. The van der Waals surface area contributed by atoms with Crippen molar-refractivity contribution in [3.05, 3.63) is 53.3 Å². The van der Waals surface area contributed by atoms with E-state index in [0.29, 0.717) is 5.02 Å². The summed E-state index contributed by atoms with van der Waals surface area (Å²) in [6.45, 7) is 1.99. The molecule has 0 bridgehead atoms. The highest BCUT2D eigenvalue weighted by Gasteiger charge is 2.14. The normalized spacial score (nSPS) is 11.7. The van der Waals surface area contributed by atoms with Gasteiger partial charge in [-0.2, -0.15) is 0 Å². The molecular formula is C16H12ClN3. The zero-order chi connectivity index (χ0) is 13.9. The number of halogens is 1. The Bertz CT molecular complexity index is 985. The van der Waals surface area contributed by atoms with Crippen molar-refractivity contribution >= 4 is 44.6 Å². The number of nitrogen functional groups attached to an aromatic ring is 1. The molecular weight excluding hydrogens is 270 g/mol. The molecule has 0 amide bonds. The Balaban J connectivity index is 2.40. The SMILES string of the molecule is Cc1nc2ccc(Cl)cc2c2c(N)c3ccccc3n12. The molecule has 2 aromatic heterocycles. The molecule has 0 saturated carbocycles. The third-order valence-corrected chi connectivity index (χ3v) is 3.97. The fourth-order valence-electron chi connectivity index (χ4n) is 2.89. The van der Waals surface area contributed by atoms with Crippen LogP contribution in [0.15, 0.2) is 42.5 Å². The second-order valence-corrected chi connectivity index (χ2v) is 5.37. The second kappa shape index (κ2) is 3.87. The Hall–Kier alpha value is -2.26. The van der Waals surface area contributed by atoms with E-state index >= 15 is 0 Å². The summed E-state index contributed by atoms with van der Waals surface area (Å²) < 4.78 is 2.10. The van der Waals surface area contributed by atoms with Gasteiger partial charge in [-0.3, -0.25) is 4.40 Å². The number of aromatic nitrogens is 2. The van der Waals surface area contributed by atoms with Crippen LogP contribution in [0.4, 0.5) is 5.69 Å². The molecule has 0 aliphatic carbocycles. The minimum Gasteiger partial charge on any atom is -0.396 e. The van der Waals surface area contributed by atoms with Crippen LogP contribution in [0.2, 0.25) is 5.02 Å². The maximum absolute atomic E-state index is 6.37. The van der Waals surface area contributed by atoms with Gasteiger partial charge in [-0.15, -0.1) is 0 Å². The van der Waals surface area contributed by atoms with E-state index in [9.17, 15) is 0 Å². The lowest BCUT2D eigenvalue weighted by molar-refractivity contribution is 1.05. The molecule has 0 atom stereocenters. The molecule has 20 heavy (non-hydrogen) atoms. The van der Waals surface area contributed by atoms with Crippen molar-refractivity contribution in [3.8, 4) is 0 Å². The Kier molecular flexibility index (Phi) is 2.24. The molecule has 0 radical (unpaired) electrons. The summed E-state index contributed by atoms with van der Waals surface area (Å²) in [5.74, 6) is 0.919. The molecule has 0 spiro atoms. The predicted octanol–water partition coefficient (Wildman–Crippen LogP) is 4.18. The highest BCUT2D eigenvalue weighted by atomic mass is 35.5. The average Bonchev–Trinajstić information content (AvgIpc) is 2.75. The number of anilines is 1. The van der Waals surface area contributed by atoms with Crippen molar-refractivity contribution in [1.29, 1.82) is 0 Å². The van der Waals surface area contributed by atoms with Gasteiger partial charge in [0.25, 0.3) is 0 Å². The molecule has 2 aromatic carbocycles. The molecule has 2 N–H and O–H groups in total. The van der Waals surface area contributed by atoms with Gasteiger partial charge in [-0.1, -0.05) is 29.8 Å². The van der Waals surface area contributed by atoms with Gasteiger partial charge in [-0.25, -0.2) is 4.98 Å². The Labute approximate surface area is 120 Å². The van der Waals surface area contributed by atoms with Gasteiger partial charge in [0.1, 0.15) is 5.82 Å². The van der Waals surface area contributed by atoms with E-state index in [0.717, 1.165) is 38.8 Å². The Morgan fingerprint density at radius 3 is 2.75 bits per heavy atom. The van der Waals surface area contributed by atoms with Crippen LogP contribution in [0, 0.1) is 6.92 Å².